The van der Waals surface area contributed by atoms with Crippen molar-refractivity contribution in [1.29, 1.82) is 0 Å². The van der Waals surface area contributed by atoms with Gasteiger partial charge in [0.05, 0.1) is 6.10 Å². The Labute approximate surface area is 178 Å². The van der Waals surface area contributed by atoms with Crippen LogP contribution in [0.3, 0.4) is 0 Å². The van der Waals surface area contributed by atoms with Crippen LogP contribution in [0.15, 0.2) is 73.1 Å². The van der Waals surface area contributed by atoms with Crippen LogP contribution in [-0.4, -0.2) is 40.7 Å². The fourth-order valence-electron chi connectivity index (χ4n) is 3.88. The van der Waals surface area contributed by atoms with Crippen molar-refractivity contribution in [3.8, 4) is 5.75 Å². The molecule has 3 aromatic rings. The lowest BCUT2D eigenvalue weighted by Crippen LogP contribution is -2.40. The van der Waals surface area contributed by atoms with Crippen molar-refractivity contribution >= 4 is 0 Å². The molecule has 0 saturated heterocycles. The van der Waals surface area contributed by atoms with E-state index in [1.807, 2.05) is 36.5 Å². The summed E-state index contributed by atoms with van der Waals surface area (Å²) < 4.78 is 5.98. The highest BCUT2D eigenvalue weighted by molar-refractivity contribution is 5.33. The molecule has 2 aromatic carbocycles. The maximum atomic E-state index is 10.5. The van der Waals surface area contributed by atoms with Crippen LogP contribution in [0, 0.1) is 0 Å². The van der Waals surface area contributed by atoms with E-state index in [4.69, 9.17) is 4.74 Å². The van der Waals surface area contributed by atoms with Crippen molar-refractivity contribution in [3.05, 3.63) is 95.3 Å². The minimum Gasteiger partial charge on any atom is -0.489 e. The van der Waals surface area contributed by atoms with E-state index in [-0.39, 0.29) is 0 Å². The first-order valence-corrected chi connectivity index (χ1v) is 10.6. The van der Waals surface area contributed by atoms with Gasteiger partial charge >= 0.3 is 0 Å². The first-order chi connectivity index (χ1) is 14.8. The Morgan fingerprint density at radius 1 is 1.03 bits per heavy atom. The zero-order valence-electron chi connectivity index (χ0n) is 17.2. The van der Waals surface area contributed by atoms with Gasteiger partial charge in [-0.3, -0.25) is 9.88 Å². The SMILES string of the molecule is OC(CNCc1ccccc1OCc1cccnc1)CN1CCc2ccccc2C1. The van der Waals surface area contributed by atoms with E-state index < -0.39 is 6.10 Å². The maximum Gasteiger partial charge on any atom is 0.124 e. The van der Waals surface area contributed by atoms with Gasteiger partial charge in [-0.05, 0) is 29.7 Å². The first kappa shape index (κ1) is 20.5. The lowest BCUT2D eigenvalue weighted by Gasteiger charge is -2.30. The minimum absolute atomic E-state index is 0.404. The van der Waals surface area contributed by atoms with E-state index in [9.17, 15) is 5.11 Å². The smallest absolute Gasteiger partial charge is 0.124 e. The van der Waals surface area contributed by atoms with Crippen LogP contribution in [0.25, 0.3) is 0 Å². The first-order valence-electron chi connectivity index (χ1n) is 10.6. The molecular weight excluding hydrogens is 374 g/mol. The summed E-state index contributed by atoms with van der Waals surface area (Å²) >= 11 is 0. The van der Waals surface area contributed by atoms with Crippen LogP contribution in [0.4, 0.5) is 0 Å². The molecule has 0 saturated carbocycles. The van der Waals surface area contributed by atoms with Crippen molar-refractivity contribution in [2.45, 2.75) is 32.2 Å². The van der Waals surface area contributed by atoms with Gasteiger partial charge in [0.25, 0.3) is 0 Å². The largest absolute Gasteiger partial charge is 0.489 e. The number of aromatic nitrogens is 1. The molecule has 0 spiro atoms. The molecule has 2 N–H and O–H groups in total. The molecule has 1 aliphatic heterocycles. The Morgan fingerprint density at radius 3 is 2.73 bits per heavy atom. The second kappa shape index (κ2) is 10.3. The molecule has 156 valence electrons. The summed E-state index contributed by atoms with van der Waals surface area (Å²) in [6, 6.07) is 20.5. The highest BCUT2D eigenvalue weighted by Crippen LogP contribution is 2.20. The quantitative estimate of drug-likeness (QED) is 0.575. The number of β-amino-alcohol motifs (C(OH)–C–C–N with tert-alkyl or cyclic N) is 1. The summed E-state index contributed by atoms with van der Waals surface area (Å²) in [5, 5.41) is 13.9. The minimum atomic E-state index is -0.404. The number of nitrogens with zero attached hydrogens (tertiary/aromatic N) is 2. The zero-order valence-corrected chi connectivity index (χ0v) is 17.2. The highest BCUT2D eigenvalue weighted by Gasteiger charge is 2.18. The topological polar surface area (TPSA) is 57.6 Å². The molecule has 0 aliphatic carbocycles. The van der Waals surface area contributed by atoms with E-state index in [0.717, 1.165) is 36.4 Å². The van der Waals surface area contributed by atoms with Crippen LogP contribution >= 0.6 is 0 Å². The standard InChI is InChI=1S/C25H29N3O2/c29-24(18-28-13-11-21-7-1-2-9-23(21)17-28)16-27-15-22-8-3-4-10-25(22)30-19-20-6-5-12-26-14-20/h1-10,12,14,24,27,29H,11,13,15-19H2. The van der Waals surface area contributed by atoms with Gasteiger partial charge in [0.2, 0.25) is 0 Å². The summed E-state index contributed by atoms with van der Waals surface area (Å²) in [5.41, 5.74) is 4.94. The van der Waals surface area contributed by atoms with Crippen LogP contribution in [0.5, 0.6) is 5.75 Å². The lowest BCUT2D eigenvalue weighted by atomic mass is 10.00. The van der Waals surface area contributed by atoms with Crippen LogP contribution in [0.2, 0.25) is 0 Å². The molecule has 4 rings (SSSR count). The number of fused-ring (bicyclic) bond motifs is 1. The Morgan fingerprint density at radius 2 is 1.87 bits per heavy atom. The number of pyridine rings is 1. The Bertz CT molecular complexity index is 932. The fraction of sp³-hybridized carbons (Fsp3) is 0.320. The number of para-hydroxylation sites is 1. The number of ether oxygens (including phenoxy) is 1. The summed E-state index contributed by atoms with van der Waals surface area (Å²) in [7, 11) is 0. The average molecular weight is 404 g/mol. The van der Waals surface area contributed by atoms with Crippen molar-refractivity contribution < 1.29 is 9.84 Å². The van der Waals surface area contributed by atoms with E-state index in [1.54, 1.807) is 6.20 Å². The Kier molecular flexibility index (Phi) is 7.08. The fourth-order valence-corrected chi connectivity index (χ4v) is 3.88. The number of hydrogen-bond acceptors (Lipinski definition) is 5. The monoisotopic (exact) mass is 403 g/mol. The Hall–Kier alpha value is -2.73. The molecule has 0 radical (unpaired) electrons. The average Bonchev–Trinajstić information content (AvgIpc) is 2.79. The summed E-state index contributed by atoms with van der Waals surface area (Å²) in [4.78, 5) is 6.46. The van der Waals surface area contributed by atoms with Gasteiger partial charge in [0.1, 0.15) is 12.4 Å². The molecule has 5 nitrogen and oxygen atoms in total. The van der Waals surface area contributed by atoms with Gasteiger partial charge in [0, 0.05) is 56.2 Å². The maximum absolute atomic E-state index is 10.5. The summed E-state index contributed by atoms with van der Waals surface area (Å²) in [6.45, 7) is 4.29. The van der Waals surface area contributed by atoms with E-state index >= 15 is 0 Å². The van der Waals surface area contributed by atoms with Gasteiger partial charge in [-0.1, -0.05) is 48.5 Å². The highest BCUT2D eigenvalue weighted by atomic mass is 16.5. The molecule has 1 aromatic heterocycles. The number of hydrogen-bond donors (Lipinski definition) is 2. The molecule has 30 heavy (non-hydrogen) atoms. The molecule has 5 heteroatoms. The number of benzene rings is 2. The zero-order chi connectivity index (χ0) is 20.6. The van der Waals surface area contributed by atoms with Gasteiger partial charge in [-0.2, -0.15) is 0 Å². The Balaban J connectivity index is 1.23. The predicted molar refractivity (Wildman–Crippen MR) is 118 cm³/mol. The summed E-state index contributed by atoms with van der Waals surface area (Å²) in [6.07, 6.45) is 4.22. The van der Waals surface area contributed by atoms with E-state index in [0.29, 0.717) is 26.2 Å². The third kappa shape index (κ3) is 5.66. The van der Waals surface area contributed by atoms with E-state index in [2.05, 4.69) is 45.5 Å². The number of nitrogens with one attached hydrogen (secondary N) is 1. The van der Waals surface area contributed by atoms with Gasteiger partial charge < -0.3 is 15.2 Å². The summed E-state index contributed by atoms with van der Waals surface area (Å²) in [5.74, 6) is 0.857. The van der Waals surface area contributed by atoms with Crippen molar-refractivity contribution in [2.24, 2.45) is 0 Å². The third-order valence-electron chi connectivity index (χ3n) is 5.46. The second-order valence-electron chi connectivity index (χ2n) is 7.80. The molecule has 1 aliphatic rings. The second-order valence-corrected chi connectivity index (χ2v) is 7.80. The molecule has 1 atom stereocenters. The predicted octanol–water partition coefficient (Wildman–Crippen LogP) is 3.17. The van der Waals surface area contributed by atoms with Crippen LogP contribution in [0.1, 0.15) is 22.3 Å². The number of aliphatic hydroxyl groups excluding tert-OH is 1. The molecule has 1 unspecified atom stereocenters. The third-order valence-corrected chi connectivity index (χ3v) is 5.46. The number of rotatable bonds is 9. The molecule has 0 bridgehead atoms. The van der Waals surface area contributed by atoms with Crippen LogP contribution in [-0.2, 0) is 26.1 Å². The van der Waals surface area contributed by atoms with Crippen molar-refractivity contribution in [2.75, 3.05) is 19.6 Å². The molecule has 0 fully saturated rings. The van der Waals surface area contributed by atoms with Crippen LogP contribution < -0.4 is 10.1 Å². The van der Waals surface area contributed by atoms with Crippen molar-refractivity contribution in [3.63, 3.8) is 0 Å². The molecule has 0 amide bonds. The van der Waals surface area contributed by atoms with E-state index in [1.165, 1.54) is 11.1 Å². The van der Waals surface area contributed by atoms with Crippen molar-refractivity contribution in [1.82, 2.24) is 15.2 Å². The van der Waals surface area contributed by atoms with Gasteiger partial charge in [-0.25, -0.2) is 0 Å². The lowest BCUT2D eigenvalue weighted by molar-refractivity contribution is 0.104. The number of aliphatic hydroxyl groups is 1. The van der Waals surface area contributed by atoms with Gasteiger partial charge in [-0.15, -0.1) is 0 Å². The molecular formula is C25H29N3O2. The van der Waals surface area contributed by atoms with Gasteiger partial charge in [0.15, 0.2) is 0 Å². The molecule has 2 heterocycles. The normalized spacial score (nSPS) is 14.8.